The third-order valence-corrected chi connectivity index (χ3v) is 2.34. The Morgan fingerprint density at radius 3 is 2.69 bits per heavy atom. The molecule has 0 aliphatic rings. The molecule has 2 heterocycles. The Kier molecular flexibility index (Phi) is 3.31. The lowest BCUT2D eigenvalue weighted by atomic mass is 10.3. The molecule has 0 atom stereocenters. The highest BCUT2D eigenvalue weighted by atomic mass is 35.5. The van der Waals surface area contributed by atoms with Gasteiger partial charge in [-0.15, -0.1) is 10.2 Å². The summed E-state index contributed by atoms with van der Waals surface area (Å²) in [5, 5.41) is 8.18. The predicted octanol–water partition coefficient (Wildman–Crippen LogP) is 2.16. The minimum Gasteiger partial charge on any atom is -0.352 e. The van der Waals surface area contributed by atoms with E-state index in [1.165, 1.54) is 0 Å². The van der Waals surface area contributed by atoms with Gasteiger partial charge in [0.1, 0.15) is 0 Å². The van der Waals surface area contributed by atoms with Crippen LogP contribution in [0.5, 0.6) is 0 Å². The quantitative estimate of drug-likeness (QED) is 0.816. The van der Waals surface area contributed by atoms with E-state index >= 15 is 0 Å². The second-order valence-corrected chi connectivity index (χ2v) is 3.78. The number of halogens is 1. The zero-order valence-corrected chi connectivity index (χ0v) is 9.59. The molecule has 2 rings (SSSR count). The van der Waals surface area contributed by atoms with Crippen LogP contribution in [0.1, 0.15) is 5.69 Å². The Hall–Kier alpha value is -1.68. The van der Waals surface area contributed by atoms with Crippen molar-refractivity contribution >= 4 is 17.4 Å². The first-order valence-electron chi connectivity index (χ1n) is 4.86. The van der Waals surface area contributed by atoms with Crippen LogP contribution in [0.15, 0.2) is 36.5 Å². The van der Waals surface area contributed by atoms with Crippen LogP contribution < -0.4 is 4.90 Å². The van der Waals surface area contributed by atoms with Crippen molar-refractivity contribution in [1.82, 2.24) is 15.2 Å². The molecule has 0 fully saturated rings. The Morgan fingerprint density at radius 1 is 1.19 bits per heavy atom. The monoisotopic (exact) mass is 234 g/mol. The van der Waals surface area contributed by atoms with Crippen molar-refractivity contribution in [3.63, 3.8) is 0 Å². The second-order valence-electron chi connectivity index (χ2n) is 3.39. The maximum absolute atomic E-state index is 5.67. The van der Waals surface area contributed by atoms with Gasteiger partial charge >= 0.3 is 0 Å². The molecule has 16 heavy (non-hydrogen) atoms. The fraction of sp³-hybridized carbons (Fsp3) is 0.182. The highest BCUT2D eigenvalue weighted by molar-refractivity contribution is 6.29. The van der Waals surface area contributed by atoms with Crippen molar-refractivity contribution in [1.29, 1.82) is 0 Å². The summed E-state index contributed by atoms with van der Waals surface area (Å²) in [6.45, 7) is 0.692. The molecule has 0 saturated carbocycles. The summed E-state index contributed by atoms with van der Waals surface area (Å²) < 4.78 is 0. The van der Waals surface area contributed by atoms with E-state index in [4.69, 9.17) is 11.6 Å². The van der Waals surface area contributed by atoms with Crippen molar-refractivity contribution in [2.24, 2.45) is 0 Å². The summed E-state index contributed by atoms with van der Waals surface area (Å²) in [7, 11) is 1.94. The molecule has 82 valence electrons. The Balaban J connectivity index is 2.09. The van der Waals surface area contributed by atoms with Gasteiger partial charge in [0.25, 0.3) is 0 Å². The van der Waals surface area contributed by atoms with Crippen molar-refractivity contribution in [2.45, 2.75) is 6.54 Å². The fourth-order valence-electron chi connectivity index (χ4n) is 1.33. The molecular weight excluding hydrogens is 224 g/mol. The average molecular weight is 235 g/mol. The molecule has 0 spiro atoms. The Bertz CT molecular complexity index is 443. The van der Waals surface area contributed by atoms with E-state index in [0.29, 0.717) is 11.7 Å². The Morgan fingerprint density at radius 2 is 2.06 bits per heavy atom. The summed E-state index contributed by atoms with van der Waals surface area (Å²) in [5.41, 5.74) is 0.988. The first kappa shape index (κ1) is 10.8. The van der Waals surface area contributed by atoms with Crippen LogP contribution in [-0.2, 0) is 6.54 Å². The van der Waals surface area contributed by atoms with Gasteiger partial charge in [0.15, 0.2) is 11.0 Å². The zero-order chi connectivity index (χ0) is 11.4. The lowest BCUT2D eigenvalue weighted by Crippen LogP contribution is -2.18. The molecule has 0 saturated heterocycles. The molecule has 0 radical (unpaired) electrons. The predicted molar refractivity (Wildman–Crippen MR) is 63.4 cm³/mol. The van der Waals surface area contributed by atoms with Crippen molar-refractivity contribution < 1.29 is 0 Å². The summed E-state index contributed by atoms with van der Waals surface area (Å²) in [6, 6.07) is 9.38. The minimum atomic E-state index is 0.398. The fourth-order valence-corrected chi connectivity index (χ4v) is 1.43. The normalized spacial score (nSPS) is 10.1. The molecule has 0 aliphatic heterocycles. The van der Waals surface area contributed by atoms with Crippen LogP contribution in [0.25, 0.3) is 0 Å². The largest absolute Gasteiger partial charge is 0.352 e. The molecule has 2 aromatic rings. The lowest BCUT2D eigenvalue weighted by Gasteiger charge is -2.16. The van der Waals surface area contributed by atoms with E-state index in [0.717, 1.165) is 11.5 Å². The van der Waals surface area contributed by atoms with Gasteiger partial charge in [-0.1, -0.05) is 17.7 Å². The lowest BCUT2D eigenvalue weighted by molar-refractivity contribution is 0.843. The smallest absolute Gasteiger partial charge is 0.151 e. The highest BCUT2D eigenvalue weighted by Crippen LogP contribution is 2.12. The summed E-state index contributed by atoms with van der Waals surface area (Å²) in [5.74, 6) is 0.773. The first-order chi connectivity index (χ1) is 7.75. The van der Waals surface area contributed by atoms with E-state index in [2.05, 4.69) is 15.2 Å². The Labute approximate surface area is 98.9 Å². The van der Waals surface area contributed by atoms with Gasteiger partial charge in [-0.2, -0.15) is 0 Å². The standard InChI is InChI=1S/C11H11ClN4/c1-16(8-9-4-2-3-7-13-9)11-6-5-10(12)14-15-11/h2-7H,8H2,1H3. The molecule has 0 amide bonds. The van der Waals surface area contributed by atoms with Crippen LogP contribution >= 0.6 is 11.6 Å². The van der Waals surface area contributed by atoms with E-state index in [9.17, 15) is 0 Å². The van der Waals surface area contributed by atoms with Gasteiger partial charge in [0, 0.05) is 13.2 Å². The van der Waals surface area contributed by atoms with Crippen LogP contribution in [0.4, 0.5) is 5.82 Å². The van der Waals surface area contributed by atoms with Gasteiger partial charge in [-0.3, -0.25) is 4.98 Å². The molecule has 4 nitrogen and oxygen atoms in total. The molecule has 0 aromatic carbocycles. The van der Waals surface area contributed by atoms with Crippen LogP contribution in [-0.4, -0.2) is 22.2 Å². The van der Waals surface area contributed by atoms with Crippen molar-refractivity contribution in [3.05, 3.63) is 47.4 Å². The van der Waals surface area contributed by atoms with Crippen LogP contribution in [0.2, 0.25) is 5.15 Å². The molecule has 0 N–H and O–H groups in total. The van der Waals surface area contributed by atoms with Crippen LogP contribution in [0, 0.1) is 0 Å². The van der Waals surface area contributed by atoms with E-state index in [1.807, 2.05) is 36.2 Å². The third kappa shape index (κ3) is 2.67. The van der Waals surface area contributed by atoms with Gasteiger partial charge in [-0.25, -0.2) is 0 Å². The van der Waals surface area contributed by atoms with Gasteiger partial charge in [-0.05, 0) is 24.3 Å². The first-order valence-corrected chi connectivity index (χ1v) is 5.24. The SMILES string of the molecule is CN(Cc1ccccn1)c1ccc(Cl)nn1. The second kappa shape index (κ2) is 4.90. The summed E-state index contributed by atoms with van der Waals surface area (Å²) in [4.78, 5) is 6.21. The molecule has 0 unspecified atom stereocenters. The average Bonchev–Trinajstić information content (AvgIpc) is 2.31. The number of anilines is 1. The van der Waals surface area contributed by atoms with Crippen LogP contribution in [0.3, 0.4) is 0 Å². The third-order valence-electron chi connectivity index (χ3n) is 2.13. The molecule has 5 heteroatoms. The van der Waals surface area contributed by atoms with Gasteiger partial charge in [0.2, 0.25) is 0 Å². The number of pyridine rings is 1. The van der Waals surface area contributed by atoms with E-state index in [1.54, 1.807) is 12.3 Å². The summed E-state index contributed by atoms with van der Waals surface area (Å²) >= 11 is 5.67. The number of hydrogen-bond donors (Lipinski definition) is 0. The molecule has 0 aliphatic carbocycles. The van der Waals surface area contributed by atoms with E-state index in [-0.39, 0.29) is 0 Å². The summed E-state index contributed by atoms with van der Waals surface area (Å²) in [6.07, 6.45) is 1.77. The maximum atomic E-state index is 5.67. The molecular formula is C11H11ClN4. The topological polar surface area (TPSA) is 41.9 Å². The number of hydrogen-bond acceptors (Lipinski definition) is 4. The molecule has 2 aromatic heterocycles. The maximum Gasteiger partial charge on any atom is 0.151 e. The highest BCUT2D eigenvalue weighted by Gasteiger charge is 2.04. The van der Waals surface area contributed by atoms with E-state index < -0.39 is 0 Å². The molecule has 0 bridgehead atoms. The zero-order valence-electron chi connectivity index (χ0n) is 8.84. The van der Waals surface area contributed by atoms with Crippen molar-refractivity contribution in [3.8, 4) is 0 Å². The van der Waals surface area contributed by atoms with Crippen molar-refractivity contribution in [2.75, 3.05) is 11.9 Å². The number of aromatic nitrogens is 3. The minimum absolute atomic E-state index is 0.398. The van der Waals surface area contributed by atoms with Gasteiger partial charge < -0.3 is 4.90 Å². The van der Waals surface area contributed by atoms with Gasteiger partial charge in [0.05, 0.1) is 12.2 Å². The number of nitrogens with zero attached hydrogens (tertiary/aromatic N) is 4. The number of rotatable bonds is 3.